The summed E-state index contributed by atoms with van der Waals surface area (Å²) in [7, 11) is 0. The SMILES string of the molecule is CCSC(F)(F)C1CO1. The van der Waals surface area contributed by atoms with Gasteiger partial charge in [-0.3, -0.25) is 0 Å². The molecule has 1 heterocycles. The highest BCUT2D eigenvalue weighted by Gasteiger charge is 2.48. The summed E-state index contributed by atoms with van der Waals surface area (Å²) in [5, 5.41) is -2.64. The number of hydrogen-bond donors (Lipinski definition) is 0. The van der Waals surface area contributed by atoms with Crippen LogP contribution in [0.15, 0.2) is 0 Å². The summed E-state index contributed by atoms with van der Waals surface area (Å²) in [6, 6.07) is 0. The summed E-state index contributed by atoms with van der Waals surface area (Å²) in [6.45, 7) is 1.93. The number of hydrogen-bond acceptors (Lipinski definition) is 2. The van der Waals surface area contributed by atoms with Crippen LogP contribution >= 0.6 is 11.8 Å². The van der Waals surface area contributed by atoms with E-state index in [-0.39, 0.29) is 6.61 Å². The van der Waals surface area contributed by atoms with Crippen LogP contribution in [0.5, 0.6) is 0 Å². The molecule has 0 saturated carbocycles. The Balaban J connectivity index is 2.30. The molecule has 1 atom stereocenters. The van der Waals surface area contributed by atoms with Crippen LogP contribution in [-0.4, -0.2) is 23.7 Å². The third kappa shape index (κ3) is 1.79. The molecular weight excluding hydrogens is 146 g/mol. The van der Waals surface area contributed by atoms with Gasteiger partial charge in [0.15, 0.2) is 6.10 Å². The zero-order valence-corrected chi connectivity index (χ0v) is 5.88. The van der Waals surface area contributed by atoms with Gasteiger partial charge in [0.05, 0.1) is 6.61 Å². The van der Waals surface area contributed by atoms with E-state index < -0.39 is 11.4 Å². The highest BCUT2D eigenvalue weighted by molar-refractivity contribution is 8.00. The summed E-state index contributed by atoms with van der Waals surface area (Å²) < 4.78 is 29.3. The van der Waals surface area contributed by atoms with Crippen molar-refractivity contribution in [3.05, 3.63) is 0 Å². The third-order valence-corrected chi connectivity index (χ3v) is 1.98. The lowest BCUT2D eigenvalue weighted by Crippen LogP contribution is -2.18. The van der Waals surface area contributed by atoms with Crippen LogP contribution in [0.4, 0.5) is 8.78 Å². The van der Waals surface area contributed by atoms with Crippen molar-refractivity contribution < 1.29 is 13.5 Å². The second-order valence-electron chi connectivity index (χ2n) is 1.82. The molecule has 0 aromatic rings. The van der Waals surface area contributed by atoms with E-state index in [1.165, 1.54) is 0 Å². The van der Waals surface area contributed by atoms with Crippen molar-refractivity contribution >= 4 is 11.8 Å². The summed E-state index contributed by atoms with van der Waals surface area (Å²) >= 11 is 0.646. The smallest absolute Gasteiger partial charge is 0.321 e. The Bertz CT molecular complexity index is 103. The number of rotatable bonds is 3. The molecule has 9 heavy (non-hydrogen) atoms. The van der Waals surface area contributed by atoms with Crippen molar-refractivity contribution in [2.24, 2.45) is 0 Å². The van der Waals surface area contributed by atoms with Crippen molar-refractivity contribution in [3.63, 3.8) is 0 Å². The van der Waals surface area contributed by atoms with E-state index in [4.69, 9.17) is 0 Å². The van der Waals surface area contributed by atoms with Crippen LogP contribution < -0.4 is 0 Å². The molecule has 1 aliphatic heterocycles. The minimum atomic E-state index is -2.64. The average molecular weight is 154 g/mol. The van der Waals surface area contributed by atoms with Crippen LogP contribution in [0.25, 0.3) is 0 Å². The monoisotopic (exact) mass is 154 g/mol. The molecule has 1 nitrogen and oxygen atoms in total. The standard InChI is InChI=1S/C5H8F2OS/c1-2-9-5(6,7)4-3-8-4/h4H,2-3H2,1H3. The molecule has 54 valence electrons. The number of alkyl halides is 2. The minimum absolute atomic E-state index is 0.222. The van der Waals surface area contributed by atoms with Crippen LogP contribution in [0.1, 0.15) is 6.92 Å². The van der Waals surface area contributed by atoms with Gasteiger partial charge < -0.3 is 4.74 Å². The lowest BCUT2D eigenvalue weighted by Gasteiger charge is -2.09. The highest BCUT2D eigenvalue weighted by Crippen LogP contribution is 2.39. The van der Waals surface area contributed by atoms with Crippen LogP contribution in [0.2, 0.25) is 0 Å². The van der Waals surface area contributed by atoms with Crippen molar-refractivity contribution in [3.8, 4) is 0 Å². The minimum Gasteiger partial charge on any atom is -0.366 e. The molecule has 0 aromatic heterocycles. The van der Waals surface area contributed by atoms with Crippen molar-refractivity contribution in [2.45, 2.75) is 18.3 Å². The first kappa shape index (κ1) is 7.28. The molecule has 0 radical (unpaired) electrons. The fraction of sp³-hybridized carbons (Fsp3) is 1.00. The van der Waals surface area contributed by atoms with Gasteiger partial charge in [-0.1, -0.05) is 18.7 Å². The van der Waals surface area contributed by atoms with Crippen LogP contribution in [0.3, 0.4) is 0 Å². The van der Waals surface area contributed by atoms with E-state index in [0.29, 0.717) is 17.5 Å². The van der Waals surface area contributed by atoms with Gasteiger partial charge in [0.2, 0.25) is 0 Å². The van der Waals surface area contributed by atoms with Crippen LogP contribution in [-0.2, 0) is 4.74 Å². The quantitative estimate of drug-likeness (QED) is 0.574. The predicted molar refractivity (Wildman–Crippen MR) is 32.8 cm³/mol. The molecule has 1 aliphatic rings. The highest BCUT2D eigenvalue weighted by atomic mass is 32.2. The van der Waals surface area contributed by atoms with Gasteiger partial charge in [-0.2, -0.15) is 8.78 Å². The molecule has 0 bridgehead atoms. The van der Waals surface area contributed by atoms with Gasteiger partial charge >= 0.3 is 5.25 Å². The van der Waals surface area contributed by atoms with Gasteiger partial charge in [0.1, 0.15) is 0 Å². The summed E-state index contributed by atoms with van der Waals surface area (Å²) in [5.74, 6) is 0.437. The second kappa shape index (κ2) is 2.42. The molecular formula is C5H8F2OS. The van der Waals surface area contributed by atoms with E-state index >= 15 is 0 Å². The molecule has 1 unspecified atom stereocenters. The Morgan fingerprint density at radius 3 is 2.67 bits per heavy atom. The normalized spacial score (nSPS) is 26.3. The first-order chi connectivity index (χ1) is 4.17. The topological polar surface area (TPSA) is 12.5 Å². The molecule has 1 fully saturated rings. The Kier molecular flexibility index (Phi) is 1.96. The molecule has 0 spiro atoms. The Morgan fingerprint density at radius 1 is 1.78 bits per heavy atom. The molecule has 1 saturated heterocycles. The second-order valence-corrected chi connectivity index (χ2v) is 3.23. The maximum Gasteiger partial charge on any atom is 0.321 e. The third-order valence-electron chi connectivity index (χ3n) is 1.04. The lowest BCUT2D eigenvalue weighted by atomic mass is 10.5. The van der Waals surface area contributed by atoms with Crippen molar-refractivity contribution in [1.29, 1.82) is 0 Å². The Morgan fingerprint density at radius 2 is 2.33 bits per heavy atom. The predicted octanol–water partition coefficient (Wildman–Crippen LogP) is 1.73. The molecule has 4 heteroatoms. The number of epoxide rings is 1. The van der Waals surface area contributed by atoms with Crippen molar-refractivity contribution in [2.75, 3.05) is 12.4 Å². The van der Waals surface area contributed by atoms with E-state index in [1.54, 1.807) is 6.92 Å². The zero-order chi connectivity index (χ0) is 6.91. The zero-order valence-electron chi connectivity index (χ0n) is 5.06. The Hall–Kier alpha value is 0.170. The first-order valence-electron chi connectivity index (χ1n) is 2.80. The van der Waals surface area contributed by atoms with Gasteiger partial charge in [-0.25, -0.2) is 0 Å². The molecule has 0 aromatic carbocycles. The number of ether oxygens (including phenoxy) is 1. The number of halogens is 2. The number of thioether (sulfide) groups is 1. The van der Waals surface area contributed by atoms with E-state index in [0.717, 1.165) is 0 Å². The lowest BCUT2D eigenvalue weighted by molar-refractivity contribution is 0.0699. The maximum absolute atomic E-state index is 12.4. The molecule has 0 amide bonds. The van der Waals surface area contributed by atoms with Gasteiger partial charge in [0.25, 0.3) is 0 Å². The van der Waals surface area contributed by atoms with E-state index in [2.05, 4.69) is 4.74 Å². The van der Waals surface area contributed by atoms with Gasteiger partial charge in [-0.05, 0) is 5.75 Å². The van der Waals surface area contributed by atoms with Crippen molar-refractivity contribution in [1.82, 2.24) is 0 Å². The summed E-state index contributed by atoms with van der Waals surface area (Å²) in [4.78, 5) is 0. The molecule has 0 aliphatic carbocycles. The van der Waals surface area contributed by atoms with Gasteiger partial charge in [0, 0.05) is 0 Å². The largest absolute Gasteiger partial charge is 0.366 e. The summed E-state index contributed by atoms with van der Waals surface area (Å²) in [6.07, 6.45) is -0.803. The van der Waals surface area contributed by atoms with E-state index in [1.807, 2.05) is 0 Å². The van der Waals surface area contributed by atoms with Gasteiger partial charge in [-0.15, -0.1) is 0 Å². The average Bonchev–Trinajstić information content (AvgIpc) is 2.41. The molecule has 0 N–H and O–H groups in total. The fourth-order valence-corrected chi connectivity index (χ4v) is 1.23. The van der Waals surface area contributed by atoms with E-state index in [9.17, 15) is 8.78 Å². The first-order valence-corrected chi connectivity index (χ1v) is 3.78. The van der Waals surface area contributed by atoms with Crippen LogP contribution in [0, 0.1) is 0 Å². The fourth-order valence-electron chi connectivity index (χ4n) is 0.528. The summed E-state index contributed by atoms with van der Waals surface area (Å²) in [5.41, 5.74) is 0. The Labute approximate surface area is 56.8 Å². The molecule has 1 rings (SSSR count). The maximum atomic E-state index is 12.4.